The van der Waals surface area contributed by atoms with Crippen molar-refractivity contribution in [3.05, 3.63) is 0 Å². The van der Waals surface area contributed by atoms with Crippen LogP contribution in [0.3, 0.4) is 0 Å². The van der Waals surface area contributed by atoms with E-state index in [1.807, 2.05) is 0 Å². The van der Waals surface area contributed by atoms with Crippen LogP contribution in [0, 0.1) is 0 Å². The van der Waals surface area contributed by atoms with Crippen LogP contribution in [0.1, 0.15) is 19.3 Å². The minimum Gasteiger partial charge on any atom is -0.300 e. The largest absolute Gasteiger partial charge is 0.300 e. The Hall–Kier alpha value is -0.160. The van der Waals surface area contributed by atoms with Gasteiger partial charge in [-0.1, -0.05) is 0 Å². The summed E-state index contributed by atoms with van der Waals surface area (Å²) in [5.74, 6) is 0. The lowest BCUT2D eigenvalue weighted by atomic mass is 10.1. The number of rotatable bonds is 0. The zero-order valence-electron chi connectivity index (χ0n) is 7.14. The Bertz CT molecular complexity index is 178. The van der Waals surface area contributed by atoms with Gasteiger partial charge in [-0.25, -0.2) is 0 Å². The molecule has 3 heterocycles. The van der Waals surface area contributed by atoms with E-state index >= 15 is 0 Å². The van der Waals surface area contributed by atoms with Gasteiger partial charge in [0.25, 0.3) is 0 Å². The normalized spacial score (nSPS) is 52.0. The minimum atomic E-state index is 0.501. The molecule has 0 saturated carbocycles. The summed E-state index contributed by atoms with van der Waals surface area (Å²) < 4.78 is 0. The van der Waals surface area contributed by atoms with Gasteiger partial charge < -0.3 is 5.32 Å². The molecule has 4 atom stereocenters. The first-order valence-electron chi connectivity index (χ1n) is 4.93. The zero-order chi connectivity index (χ0) is 7.97. The van der Waals surface area contributed by atoms with Crippen molar-refractivity contribution in [3.63, 3.8) is 0 Å². The van der Waals surface area contributed by atoms with Crippen molar-refractivity contribution < 1.29 is 0 Å². The van der Waals surface area contributed by atoms with Crippen molar-refractivity contribution in [1.29, 1.82) is 0 Å². The van der Waals surface area contributed by atoms with Crippen molar-refractivity contribution >= 4 is 0 Å². The van der Waals surface area contributed by atoms with E-state index in [9.17, 15) is 0 Å². The van der Waals surface area contributed by atoms with Gasteiger partial charge in [0.05, 0.1) is 18.5 Å². The first-order chi connectivity index (χ1) is 5.92. The molecular formula is C8H16N4. The number of hydrogen-bond acceptors (Lipinski definition) is 4. The molecule has 0 radical (unpaired) electrons. The van der Waals surface area contributed by atoms with Crippen LogP contribution in [0.4, 0.5) is 0 Å². The van der Waals surface area contributed by atoms with Gasteiger partial charge in [-0.3, -0.25) is 16.0 Å². The lowest BCUT2D eigenvalue weighted by Gasteiger charge is -2.34. The van der Waals surface area contributed by atoms with E-state index in [1.54, 1.807) is 0 Å². The maximum Gasteiger partial charge on any atom is 0.0767 e. The molecule has 12 heavy (non-hydrogen) atoms. The molecule has 3 fully saturated rings. The van der Waals surface area contributed by atoms with E-state index in [-0.39, 0.29) is 0 Å². The highest BCUT2D eigenvalue weighted by Gasteiger charge is 2.38. The van der Waals surface area contributed by atoms with Gasteiger partial charge in [-0.05, 0) is 19.3 Å². The summed E-state index contributed by atoms with van der Waals surface area (Å²) in [7, 11) is 0. The van der Waals surface area contributed by atoms with Crippen LogP contribution < -0.4 is 21.3 Å². The van der Waals surface area contributed by atoms with Crippen molar-refractivity contribution in [2.24, 2.45) is 0 Å². The van der Waals surface area contributed by atoms with Gasteiger partial charge in [0, 0.05) is 12.6 Å². The van der Waals surface area contributed by atoms with Crippen molar-refractivity contribution in [3.8, 4) is 0 Å². The molecule has 0 aromatic heterocycles. The van der Waals surface area contributed by atoms with Crippen molar-refractivity contribution in [1.82, 2.24) is 21.3 Å². The number of nitrogens with one attached hydrogen (secondary N) is 4. The molecule has 0 aromatic carbocycles. The average Bonchev–Trinajstić information content (AvgIpc) is 2.46. The highest BCUT2D eigenvalue weighted by Crippen LogP contribution is 2.16. The second-order valence-corrected chi connectivity index (χ2v) is 4.03. The fourth-order valence-corrected chi connectivity index (χ4v) is 2.50. The third-order valence-corrected chi connectivity index (χ3v) is 3.15. The Labute approximate surface area is 72.5 Å². The molecule has 3 aliphatic heterocycles. The summed E-state index contributed by atoms with van der Waals surface area (Å²) in [5, 5.41) is 14.2. The molecule has 0 spiro atoms. The lowest BCUT2D eigenvalue weighted by molar-refractivity contribution is 0.244. The molecule has 0 aromatic rings. The molecule has 4 heteroatoms. The Morgan fingerprint density at radius 2 is 1.75 bits per heavy atom. The topological polar surface area (TPSA) is 48.1 Å². The molecule has 4 unspecified atom stereocenters. The van der Waals surface area contributed by atoms with E-state index in [0.29, 0.717) is 24.5 Å². The van der Waals surface area contributed by atoms with Crippen LogP contribution in [-0.2, 0) is 0 Å². The number of fused-ring (bicyclic) bond motifs is 2. The van der Waals surface area contributed by atoms with E-state index in [1.165, 1.54) is 19.3 Å². The lowest BCUT2D eigenvalue weighted by Crippen LogP contribution is -2.63. The third kappa shape index (κ3) is 1.07. The maximum atomic E-state index is 3.58. The monoisotopic (exact) mass is 168 g/mol. The first-order valence-corrected chi connectivity index (χ1v) is 4.93. The fraction of sp³-hybridized carbons (Fsp3) is 1.00. The molecule has 68 valence electrons. The molecule has 3 aliphatic rings. The zero-order valence-corrected chi connectivity index (χ0v) is 7.14. The van der Waals surface area contributed by atoms with Crippen molar-refractivity contribution in [2.75, 3.05) is 6.54 Å². The summed E-state index contributed by atoms with van der Waals surface area (Å²) in [6.45, 7) is 1.10. The quantitative estimate of drug-likeness (QED) is 0.371. The maximum absolute atomic E-state index is 3.58. The van der Waals surface area contributed by atoms with Gasteiger partial charge in [-0.2, -0.15) is 0 Å². The second-order valence-electron chi connectivity index (χ2n) is 4.03. The molecule has 4 N–H and O–H groups in total. The van der Waals surface area contributed by atoms with Gasteiger partial charge >= 0.3 is 0 Å². The molecule has 4 nitrogen and oxygen atoms in total. The summed E-state index contributed by atoms with van der Waals surface area (Å²) in [6, 6.07) is 0.587. The predicted octanol–water partition coefficient (Wildman–Crippen LogP) is -1.10. The second kappa shape index (κ2) is 2.67. The van der Waals surface area contributed by atoms with E-state index < -0.39 is 0 Å². The van der Waals surface area contributed by atoms with E-state index in [4.69, 9.17) is 0 Å². The van der Waals surface area contributed by atoms with Crippen LogP contribution in [0.2, 0.25) is 0 Å². The third-order valence-electron chi connectivity index (χ3n) is 3.15. The summed E-state index contributed by atoms with van der Waals surface area (Å²) in [4.78, 5) is 0. The standard InChI is InChI=1S/C8H16N4/c1-2-6-9-4-5-8(11-6)12-7(3-1)10-5/h5-12H,1-4H2. The summed E-state index contributed by atoms with van der Waals surface area (Å²) >= 11 is 0. The minimum absolute atomic E-state index is 0.501. The van der Waals surface area contributed by atoms with Gasteiger partial charge in [0.2, 0.25) is 0 Å². The highest BCUT2D eigenvalue weighted by atomic mass is 15.4. The van der Waals surface area contributed by atoms with Gasteiger partial charge in [0.1, 0.15) is 0 Å². The molecule has 0 amide bonds. The van der Waals surface area contributed by atoms with Gasteiger partial charge in [-0.15, -0.1) is 0 Å². The Balaban J connectivity index is 1.83. The Morgan fingerprint density at radius 1 is 0.917 bits per heavy atom. The SMILES string of the molecule is C1CC2NCC3NC(C1)NC3N2. The van der Waals surface area contributed by atoms with Crippen molar-refractivity contribution in [2.45, 2.75) is 43.8 Å². The Morgan fingerprint density at radius 3 is 2.75 bits per heavy atom. The van der Waals surface area contributed by atoms with Crippen LogP contribution in [0.5, 0.6) is 0 Å². The molecule has 3 rings (SSSR count). The van der Waals surface area contributed by atoms with Gasteiger partial charge in [0.15, 0.2) is 0 Å². The molecular weight excluding hydrogens is 152 g/mol. The smallest absolute Gasteiger partial charge is 0.0767 e. The first kappa shape index (κ1) is 7.26. The van der Waals surface area contributed by atoms with E-state index in [0.717, 1.165) is 6.54 Å². The molecule has 3 saturated heterocycles. The average molecular weight is 168 g/mol. The molecule has 3 bridgehead atoms. The summed E-state index contributed by atoms with van der Waals surface area (Å²) in [5.41, 5.74) is 0. The van der Waals surface area contributed by atoms with Crippen LogP contribution in [0.25, 0.3) is 0 Å². The fourth-order valence-electron chi connectivity index (χ4n) is 2.50. The molecule has 0 aliphatic carbocycles. The van der Waals surface area contributed by atoms with Crippen LogP contribution in [-0.4, -0.2) is 31.1 Å². The van der Waals surface area contributed by atoms with Crippen LogP contribution >= 0.6 is 0 Å². The summed E-state index contributed by atoms with van der Waals surface area (Å²) in [6.07, 6.45) is 5.43. The van der Waals surface area contributed by atoms with E-state index in [2.05, 4.69) is 21.3 Å². The highest BCUT2D eigenvalue weighted by molar-refractivity contribution is 4.99. The predicted molar refractivity (Wildman–Crippen MR) is 46.4 cm³/mol. The van der Waals surface area contributed by atoms with Crippen LogP contribution in [0.15, 0.2) is 0 Å². The number of hydrogen-bond donors (Lipinski definition) is 4. The Kier molecular flexibility index (Phi) is 1.61.